The summed E-state index contributed by atoms with van der Waals surface area (Å²) in [6.07, 6.45) is 0. The van der Waals surface area contributed by atoms with Crippen LogP contribution in [0, 0.1) is 0 Å². The smallest absolute Gasteiger partial charge is 0.0338 e. The van der Waals surface area contributed by atoms with Crippen molar-refractivity contribution in [3.05, 3.63) is 83.3 Å². The SMILES string of the molecule is Brc1c2ccc3ccccc3c2cc2ccc3ccccc3c12. The van der Waals surface area contributed by atoms with Gasteiger partial charge in [-0.1, -0.05) is 72.8 Å². The van der Waals surface area contributed by atoms with Crippen molar-refractivity contribution < 1.29 is 0 Å². The maximum absolute atomic E-state index is 3.89. The monoisotopic (exact) mass is 356 g/mol. The summed E-state index contributed by atoms with van der Waals surface area (Å²) in [6.45, 7) is 0. The lowest BCUT2D eigenvalue weighted by Gasteiger charge is -2.11. The molecule has 0 radical (unpaired) electrons. The van der Waals surface area contributed by atoms with E-state index < -0.39 is 0 Å². The lowest BCUT2D eigenvalue weighted by molar-refractivity contribution is 1.76. The van der Waals surface area contributed by atoms with Crippen LogP contribution in [0.4, 0.5) is 0 Å². The third-order valence-corrected chi connectivity index (χ3v) is 5.51. The highest BCUT2D eigenvalue weighted by molar-refractivity contribution is 9.10. The van der Waals surface area contributed by atoms with E-state index >= 15 is 0 Å². The van der Waals surface area contributed by atoms with Gasteiger partial charge in [-0.15, -0.1) is 0 Å². The second-order valence-corrected chi connectivity index (χ2v) is 6.75. The average molecular weight is 357 g/mol. The summed E-state index contributed by atoms with van der Waals surface area (Å²) in [4.78, 5) is 0. The molecule has 0 atom stereocenters. The summed E-state index contributed by atoms with van der Waals surface area (Å²) in [6, 6.07) is 28.4. The van der Waals surface area contributed by atoms with E-state index in [4.69, 9.17) is 0 Å². The molecule has 0 N–H and O–H groups in total. The van der Waals surface area contributed by atoms with Crippen molar-refractivity contribution in [2.24, 2.45) is 0 Å². The molecule has 5 rings (SSSR count). The predicted octanol–water partition coefficient (Wildman–Crippen LogP) is 7.06. The Kier molecular flexibility index (Phi) is 2.74. The summed E-state index contributed by atoms with van der Waals surface area (Å²) < 4.78 is 1.19. The number of rotatable bonds is 0. The topological polar surface area (TPSA) is 0 Å². The van der Waals surface area contributed by atoms with Gasteiger partial charge in [-0.05, 0) is 59.7 Å². The summed E-state index contributed by atoms with van der Waals surface area (Å²) in [5.74, 6) is 0. The van der Waals surface area contributed by atoms with Crippen LogP contribution in [0.5, 0.6) is 0 Å². The first kappa shape index (κ1) is 13.1. The molecule has 108 valence electrons. The van der Waals surface area contributed by atoms with Gasteiger partial charge in [0.2, 0.25) is 0 Å². The maximum atomic E-state index is 3.89. The van der Waals surface area contributed by atoms with E-state index in [1.807, 2.05) is 0 Å². The van der Waals surface area contributed by atoms with Crippen molar-refractivity contribution in [3.8, 4) is 0 Å². The van der Waals surface area contributed by atoms with Crippen LogP contribution in [-0.2, 0) is 0 Å². The van der Waals surface area contributed by atoms with Crippen LogP contribution in [-0.4, -0.2) is 0 Å². The minimum atomic E-state index is 1.19. The Balaban J connectivity index is 2.08. The second-order valence-electron chi connectivity index (χ2n) is 5.96. The molecule has 0 amide bonds. The maximum Gasteiger partial charge on any atom is 0.0338 e. The lowest BCUT2D eigenvalue weighted by Crippen LogP contribution is -1.84. The Morgan fingerprint density at radius 1 is 0.478 bits per heavy atom. The number of halogens is 1. The molecule has 5 aromatic rings. The largest absolute Gasteiger partial charge is 0.0616 e. The van der Waals surface area contributed by atoms with Crippen molar-refractivity contribution in [2.75, 3.05) is 0 Å². The molecule has 0 aromatic heterocycles. The molecule has 0 spiro atoms. The molecule has 0 nitrogen and oxygen atoms in total. The third kappa shape index (κ3) is 1.83. The van der Waals surface area contributed by atoms with Gasteiger partial charge in [0.15, 0.2) is 0 Å². The molecular formula is C22H13Br. The summed E-state index contributed by atoms with van der Waals surface area (Å²) in [5, 5.41) is 10.3. The van der Waals surface area contributed by atoms with Gasteiger partial charge in [-0.3, -0.25) is 0 Å². The Bertz CT molecular complexity index is 1220. The summed E-state index contributed by atoms with van der Waals surface area (Å²) >= 11 is 3.89. The van der Waals surface area contributed by atoms with Crippen LogP contribution in [0.25, 0.3) is 43.1 Å². The van der Waals surface area contributed by atoms with Crippen molar-refractivity contribution in [2.45, 2.75) is 0 Å². The Morgan fingerprint density at radius 2 is 1.09 bits per heavy atom. The minimum absolute atomic E-state index is 1.19. The van der Waals surface area contributed by atoms with E-state index in [1.165, 1.54) is 47.6 Å². The zero-order valence-corrected chi connectivity index (χ0v) is 14.0. The zero-order valence-electron chi connectivity index (χ0n) is 12.4. The fraction of sp³-hybridized carbons (Fsp3) is 0. The minimum Gasteiger partial charge on any atom is -0.0616 e. The van der Waals surface area contributed by atoms with E-state index in [1.54, 1.807) is 0 Å². The fourth-order valence-corrected chi connectivity index (χ4v) is 4.37. The van der Waals surface area contributed by atoms with Crippen LogP contribution in [0.2, 0.25) is 0 Å². The van der Waals surface area contributed by atoms with Gasteiger partial charge in [0, 0.05) is 9.86 Å². The fourth-order valence-electron chi connectivity index (χ4n) is 3.59. The summed E-state index contributed by atoms with van der Waals surface area (Å²) in [7, 11) is 0. The van der Waals surface area contributed by atoms with Gasteiger partial charge in [0.1, 0.15) is 0 Å². The molecule has 0 bridgehead atoms. The van der Waals surface area contributed by atoms with Crippen LogP contribution in [0.15, 0.2) is 83.3 Å². The summed E-state index contributed by atoms with van der Waals surface area (Å²) in [5.41, 5.74) is 0. The van der Waals surface area contributed by atoms with Gasteiger partial charge >= 0.3 is 0 Å². The molecule has 1 heteroatoms. The van der Waals surface area contributed by atoms with E-state index in [0.29, 0.717) is 0 Å². The highest BCUT2D eigenvalue weighted by Crippen LogP contribution is 2.39. The van der Waals surface area contributed by atoms with Crippen molar-refractivity contribution >= 4 is 59.0 Å². The van der Waals surface area contributed by atoms with Crippen LogP contribution < -0.4 is 0 Å². The van der Waals surface area contributed by atoms with Crippen molar-refractivity contribution in [1.29, 1.82) is 0 Å². The standard InChI is InChI=1S/C22H13Br/c23-22-19-12-11-14-5-1-3-7-17(14)20(19)13-16-10-9-15-6-2-4-8-18(15)21(16)22/h1-13H. The first-order valence-corrected chi connectivity index (χ1v) is 8.54. The van der Waals surface area contributed by atoms with Crippen molar-refractivity contribution in [1.82, 2.24) is 0 Å². The number of hydrogen-bond acceptors (Lipinski definition) is 0. The molecule has 0 fully saturated rings. The van der Waals surface area contributed by atoms with E-state index in [9.17, 15) is 0 Å². The normalized spacial score (nSPS) is 11.7. The zero-order chi connectivity index (χ0) is 15.4. The Hall–Kier alpha value is -2.38. The quantitative estimate of drug-likeness (QED) is 0.206. The molecule has 0 saturated heterocycles. The first-order valence-electron chi connectivity index (χ1n) is 7.74. The second kappa shape index (κ2) is 4.81. The molecule has 0 aliphatic heterocycles. The van der Waals surface area contributed by atoms with Gasteiger partial charge in [0.05, 0.1) is 0 Å². The lowest BCUT2D eigenvalue weighted by atomic mass is 9.95. The molecule has 0 saturated carbocycles. The van der Waals surface area contributed by atoms with E-state index in [0.717, 1.165) is 0 Å². The van der Waals surface area contributed by atoms with E-state index in [2.05, 4.69) is 94.8 Å². The number of benzene rings is 5. The Morgan fingerprint density at radius 3 is 1.91 bits per heavy atom. The van der Waals surface area contributed by atoms with Crippen molar-refractivity contribution in [3.63, 3.8) is 0 Å². The van der Waals surface area contributed by atoms with Gasteiger partial charge in [0.25, 0.3) is 0 Å². The van der Waals surface area contributed by atoms with Crippen LogP contribution in [0.3, 0.4) is 0 Å². The third-order valence-electron chi connectivity index (χ3n) is 4.69. The average Bonchev–Trinajstić information content (AvgIpc) is 2.61. The number of fused-ring (bicyclic) bond motifs is 6. The first-order chi connectivity index (χ1) is 11.3. The van der Waals surface area contributed by atoms with Gasteiger partial charge in [-0.2, -0.15) is 0 Å². The molecule has 5 aromatic carbocycles. The Labute approximate surface area is 142 Å². The molecule has 0 aliphatic carbocycles. The molecule has 0 unspecified atom stereocenters. The van der Waals surface area contributed by atoms with Gasteiger partial charge in [-0.25, -0.2) is 0 Å². The van der Waals surface area contributed by atoms with Gasteiger partial charge < -0.3 is 0 Å². The van der Waals surface area contributed by atoms with Crippen LogP contribution in [0.1, 0.15) is 0 Å². The highest BCUT2D eigenvalue weighted by atomic mass is 79.9. The highest BCUT2D eigenvalue weighted by Gasteiger charge is 2.10. The van der Waals surface area contributed by atoms with Crippen LogP contribution >= 0.6 is 15.9 Å². The molecular weight excluding hydrogens is 344 g/mol. The molecule has 0 aliphatic rings. The molecule has 23 heavy (non-hydrogen) atoms. The van der Waals surface area contributed by atoms with E-state index in [-0.39, 0.29) is 0 Å². The number of hydrogen-bond donors (Lipinski definition) is 0. The predicted molar refractivity (Wildman–Crippen MR) is 104 cm³/mol. The molecule has 0 heterocycles.